The van der Waals surface area contributed by atoms with Gasteiger partial charge in [0, 0.05) is 15.5 Å². The van der Waals surface area contributed by atoms with E-state index in [4.69, 9.17) is 15.2 Å². The monoisotopic (exact) mass is 444 g/mol. The minimum absolute atomic E-state index is 0.0544. The van der Waals surface area contributed by atoms with Crippen LogP contribution < -0.4 is 11.3 Å². The van der Waals surface area contributed by atoms with E-state index in [1.54, 1.807) is 49.4 Å². The van der Waals surface area contributed by atoms with Crippen molar-refractivity contribution >= 4 is 44.5 Å². The second kappa shape index (κ2) is 7.85. The molecule has 0 spiro atoms. The molecule has 1 heterocycles. The van der Waals surface area contributed by atoms with Crippen molar-refractivity contribution in [3.8, 4) is 5.69 Å². The minimum atomic E-state index is -0.816. The van der Waals surface area contributed by atoms with Crippen molar-refractivity contribution in [2.45, 2.75) is 6.92 Å². The van der Waals surface area contributed by atoms with E-state index in [1.165, 1.54) is 11.7 Å². The second-order valence-corrected chi connectivity index (χ2v) is 6.77. The van der Waals surface area contributed by atoms with Crippen LogP contribution in [0.2, 0.25) is 0 Å². The fourth-order valence-electron chi connectivity index (χ4n) is 2.91. The van der Waals surface area contributed by atoms with Crippen molar-refractivity contribution in [1.29, 1.82) is 0 Å². The number of anilines is 1. The normalized spacial score (nSPS) is 10.7. The summed E-state index contributed by atoms with van der Waals surface area (Å²) in [6.45, 7) is 1.98. The lowest BCUT2D eigenvalue weighted by molar-refractivity contribution is 0.0525. The number of hydrogen-bond donors (Lipinski definition) is 1. The quantitative estimate of drug-likeness (QED) is 0.619. The summed E-state index contributed by atoms with van der Waals surface area (Å²) in [4.78, 5) is 37.2. The van der Waals surface area contributed by atoms with E-state index in [0.717, 1.165) is 4.47 Å². The van der Waals surface area contributed by atoms with Crippen LogP contribution in [0.4, 0.5) is 5.69 Å². The number of nitrogens with two attached hydrogens (primary N) is 1. The lowest BCUT2D eigenvalue weighted by Gasteiger charge is -2.15. The molecule has 0 saturated heterocycles. The summed E-state index contributed by atoms with van der Waals surface area (Å²) < 4.78 is 11.8. The Morgan fingerprint density at radius 1 is 1.11 bits per heavy atom. The molecule has 0 fully saturated rings. The van der Waals surface area contributed by atoms with Crippen molar-refractivity contribution in [1.82, 2.24) is 4.57 Å². The molecule has 0 saturated carbocycles. The van der Waals surface area contributed by atoms with Gasteiger partial charge in [0.15, 0.2) is 0 Å². The van der Waals surface area contributed by atoms with Crippen molar-refractivity contribution in [2.75, 3.05) is 19.5 Å². The Morgan fingerprint density at radius 2 is 1.79 bits per heavy atom. The molecule has 0 unspecified atom stereocenters. The predicted molar refractivity (Wildman–Crippen MR) is 109 cm³/mol. The molecule has 3 rings (SSSR count). The lowest BCUT2D eigenvalue weighted by Crippen LogP contribution is -2.28. The van der Waals surface area contributed by atoms with Gasteiger partial charge in [-0.2, -0.15) is 0 Å². The molecule has 0 radical (unpaired) electrons. The number of esters is 2. The Kier molecular flexibility index (Phi) is 5.51. The number of carbonyl (C=O) groups is 2. The number of ether oxygens (including phenoxy) is 2. The summed E-state index contributed by atoms with van der Waals surface area (Å²) in [5.74, 6) is -1.27. The van der Waals surface area contributed by atoms with Crippen molar-refractivity contribution in [2.24, 2.45) is 0 Å². The zero-order valence-electron chi connectivity index (χ0n) is 15.2. The molecule has 1 aromatic heterocycles. The molecular formula is C20H17BrN2O5. The summed E-state index contributed by atoms with van der Waals surface area (Å²) in [6.07, 6.45) is 0. The van der Waals surface area contributed by atoms with Gasteiger partial charge < -0.3 is 15.2 Å². The first-order chi connectivity index (χ1) is 13.4. The average molecular weight is 445 g/mol. The molecule has 0 amide bonds. The third-order valence-corrected chi connectivity index (χ3v) is 4.70. The molecular weight excluding hydrogens is 428 g/mol. The Morgan fingerprint density at radius 3 is 2.39 bits per heavy atom. The Balaban J connectivity index is 2.30. The van der Waals surface area contributed by atoms with Gasteiger partial charge in [0.05, 0.1) is 30.5 Å². The largest absolute Gasteiger partial charge is 0.465 e. The summed E-state index contributed by atoms with van der Waals surface area (Å²) >= 11 is 3.39. The third-order valence-electron chi connectivity index (χ3n) is 4.20. The molecule has 7 nitrogen and oxygen atoms in total. The summed E-state index contributed by atoms with van der Waals surface area (Å²) in [5, 5.41) is 0.526. The first kappa shape index (κ1) is 19.6. The van der Waals surface area contributed by atoms with Crippen LogP contribution in [-0.2, 0) is 9.47 Å². The summed E-state index contributed by atoms with van der Waals surface area (Å²) in [7, 11) is 1.19. The zero-order valence-corrected chi connectivity index (χ0v) is 16.8. The molecule has 2 N–H and O–H groups in total. The number of hydrogen-bond acceptors (Lipinski definition) is 6. The number of aromatic nitrogens is 1. The van der Waals surface area contributed by atoms with Gasteiger partial charge in [0.1, 0.15) is 5.56 Å². The molecule has 2 aromatic carbocycles. The van der Waals surface area contributed by atoms with Gasteiger partial charge in [-0.3, -0.25) is 9.36 Å². The maximum absolute atomic E-state index is 13.1. The Hall–Kier alpha value is -3.13. The number of benzene rings is 2. The van der Waals surface area contributed by atoms with E-state index in [0.29, 0.717) is 22.2 Å². The molecule has 0 bridgehead atoms. The highest BCUT2D eigenvalue weighted by Crippen LogP contribution is 2.28. The Bertz CT molecular complexity index is 1140. The van der Waals surface area contributed by atoms with Gasteiger partial charge >= 0.3 is 11.9 Å². The number of pyridine rings is 1. The van der Waals surface area contributed by atoms with Gasteiger partial charge in [-0.25, -0.2) is 9.59 Å². The highest BCUT2D eigenvalue weighted by molar-refractivity contribution is 9.10. The van der Waals surface area contributed by atoms with Gasteiger partial charge in [-0.1, -0.05) is 15.9 Å². The highest BCUT2D eigenvalue weighted by Gasteiger charge is 2.22. The smallest absolute Gasteiger partial charge is 0.345 e. The zero-order chi connectivity index (χ0) is 20.4. The molecule has 0 aliphatic heterocycles. The summed E-state index contributed by atoms with van der Waals surface area (Å²) in [6, 6.07) is 11.5. The van der Waals surface area contributed by atoms with E-state index < -0.39 is 17.5 Å². The highest BCUT2D eigenvalue weighted by atomic mass is 79.9. The number of nitrogen functional groups attached to an aromatic ring is 1. The van der Waals surface area contributed by atoms with Gasteiger partial charge in [0.2, 0.25) is 0 Å². The standard InChI is InChI=1S/C20H17BrN2O5/c1-3-28-19(25)11-4-7-13(8-5-11)23-15-10-12(21)6-9-14(15)17(22)16(18(23)24)20(26)27-2/h4-10H,3,22H2,1-2H3. The maximum atomic E-state index is 13.1. The topological polar surface area (TPSA) is 101 Å². The van der Waals surface area contributed by atoms with Gasteiger partial charge in [0.25, 0.3) is 5.56 Å². The first-order valence-corrected chi connectivity index (χ1v) is 9.18. The first-order valence-electron chi connectivity index (χ1n) is 8.38. The van der Waals surface area contributed by atoms with Gasteiger partial charge in [-0.15, -0.1) is 0 Å². The van der Waals surface area contributed by atoms with Crippen molar-refractivity contribution in [3.63, 3.8) is 0 Å². The SMILES string of the molecule is CCOC(=O)c1ccc(-n2c(=O)c(C(=O)OC)c(N)c3ccc(Br)cc32)cc1. The van der Waals surface area contributed by atoms with E-state index in [9.17, 15) is 14.4 Å². The van der Waals surface area contributed by atoms with Gasteiger partial charge in [-0.05, 0) is 49.4 Å². The molecule has 0 aliphatic rings. The van der Waals surface area contributed by atoms with Crippen LogP contribution in [0.15, 0.2) is 51.7 Å². The van der Waals surface area contributed by atoms with E-state index >= 15 is 0 Å². The number of rotatable bonds is 4. The van der Waals surface area contributed by atoms with Crippen LogP contribution >= 0.6 is 15.9 Å². The number of fused-ring (bicyclic) bond motifs is 1. The van der Waals surface area contributed by atoms with Crippen LogP contribution in [0.25, 0.3) is 16.6 Å². The molecule has 28 heavy (non-hydrogen) atoms. The molecule has 3 aromatic rings. The van der Waals surface area contributed by atoms with E-state index in [2.05, 4.69) is 15.9 Å². The third kappa shape index (κ3) is 3.38. The molecule has 0 atom stereocenters. The molecule has 8 heteroatoms. The number of nitrogens with zero attached hydrogens (tertiary/aromatic N) is 1. The van der Waals surface area contributed by atoms with Crippen LogP contribution in [0.1, 0.15) is 27.6 Å². The van der Waals surface area contributed by atoms with Crippen molar-refractivity contribution < 1.29 is 19.1 Å². The minimum Gasteiger partial charge on any atom is -0.465 e. The summed E-state index contributed by atoms with van der Waals surface area (Å²) in [5.41, 5.74) is 6.62. The van der Waals surface area contributed by atoms with Crippen LogP contribution in [-0.4, -0.2) is 30.2 Å². The maximum Gasteiger partial charge on any atom is 0.345 e. The van der Waals surface area contributed by atoms with Crippen molar-refractivity contribution in [3.05, 3.63) is 68.4 Å². The fraction of sp³-hybridized carbons (Fsp3) is 0.150. The predicted octanol–water partition coefficient (Wildman–Crippen LogP) is 3.30. The molecule has 144 valence electrons. The average Bonchev–Trinajstić information content (AvgIpc) is 2.68. The lowest BCUT2D eigenvalue weighted by atomic mass is 10.1. The number of methoxy groups -OCH3 is 1. The fourth-order valence-corrected chi connectivity index (χ4v) is 3.25. The second-order valence-electron chi connectivity index (χ2n) is 5.85. The van der Waals surface area contributed by atoms with Crippen LogP contribution in [0.5, 0.6) is 0 Å². The van der Waals surface area contributed by atoms with Crippen LogP contribution in [0.3, 0.4) is 0 Å². The number of carbonyl (C=O) groups excluding carboxylic acids is 2. The van der Waals surface area contributed by atoms with E-state index in [1.807, 2.05) is 0 Å². The molecule has 0 aliphatic carbocycles. The number of halogens is 1. The van der Waals surface area contributed by atoms with Crippen LogP contribution in [0, 0.1) is 0 Å². The Labute approximate surface area is 168 Å². The van der Waals surface area contributed by atoms with E-state index in [-0.39, 0.29) is 17.9 Å².